The molecule has 0 spiro atoms. The lowest BCUT2D eigenvalue weighted by atomic mass is 9.96. The van der Waals surface area contributed by atoms with E-state index in [1.165, 1.54) is 32.1 Å². The number of fused-ring (bicyclic) bond motifs is 1. The highest BCUT2D eigenvalue weighted by molar-refractivity contribution is 5.80. The normalized spacial score (nSPS) is 33.8. The summed E-state index contributed by atoms with van der Waals surface area (Å²) in [5.74, 6) is 1.11. The molecule has 3 aliphatic heterocycles. The summed E-state index contributed by atoms with van der Waals surface area (Å²) in [6.07, 6.45) is 6.72. The van der Waals surface area contributed by atoms with Crippen LogP contribution in [0.4, 0.5) is 0 Å². The molecule has 4 heteroatoms. The Kier molecular flexibility index (Phi) is 3.85. The van der Waals surface area contributed by atoms with Gasteiger partial charge in [-0.1, -0.05) is 0 Å². The molecule has 3 saturated heterocycles. The molecule has 3 rings (SSSR count). The number of hydrogen-bond acceptors (Lipinski definition) is 3. The molecular weight excluding hydrogens is 228 g/mol. The maximum atomic E-state index is 11.9. The second kappa shape index (κ2) is 5.57. The molecule has 0 saturated carbocycles. The lowest BCUT2D eigenvalue weighted by Crippen LogP contribution is -2.46. The van der Waals surface area contributed by atoms with E-state index >= 15 is 0 Å². The maximum absolute atomic E-state index is 11.9. The Morgan fingerprint density at radius 3 is 2.89 bits per heavy atom. The first-order valence-corrected chi connectivity index (χ1v) is 7.45. The number of amides is 1. The van der Waals surface area contributed by atoms with E-state index < -0.39 is 0 Å². The van der Waals surface area contributed by atoms with E-state index in [-0.39, 0.29) is 0 Å². The third kappa shape index (κ3) is 2.54. The van der Waals surface area contributed by atoms with Crippen molar-refractivity contribution in [3.05, 3.63) is 0 Å². The van der Waals surface area contributed by atoms with E-state index in [4.69, 9.17) is 4.74 Å². The van der Waals surface area contributed by atoms with Gasteiger partial charge >= 0.3 is 0 Å². The standard InChI is InChI=1S/C14H24N2O2/c17-14-9-12(13-3-1-2-6-16(13)14)15-10-11-4-7-18-8-5-11/h11-13,15H,1-10H2. The minimum absolute atomic E-state index is 0.365. The molecule has 0 bridgehead atoms. The maximum Gasteiger partial charge on any atom is 0.224 e. The highest BCUT2D eigenvalue weighted by atomic mass is 16.5. The van der Waals surface area contributed by atoms with Gasteiger partial charge in [0.25, 0.3) is 0 Å². The van der Waals surface area contributed by atoms with Gasteiger partial charge in [-0.3, -0.25) is 4.79 Å². The Hall–Kier alpha value is -0.610. The minimum Gasteiger partial charge on any atom is -0.381 e. The molecule has 0 aromatic heterocycles. The summed E-state index contributed by atoms with van der Waals surface area (Å²) in [5.41, 5.74) is 0. The third-order valence-corrected chi connectivity index (χ3v) is 4.74. The van der Waals surface area contributed by atoms with Gasteiger partial charge in [0.2, 0.25) is 5.91 Å². The molecule has 1 N–H and O–H groups in total. The van der Waals surface area contributed by atoms with E-state index in [1.807, 2.05) is 0 Å². The fourth-order valence-electron chi connectivity index (χ4n) is 3.60. The largest absolute Gasteiger partial charge is 0.381 e. The smallest absolute Gasteiger partial charge is 0.224 e. The van der Waals surface area contributed by atoms with Crippen LogP contribution in [0.3, 0.4) is 0 Å². The Morgan fingerprint density at radius 1 is 1.22 bits per heavy atom. The molecule has 2 unspecified atom stereocenters. The van der Waals surface area contributed by atoms with Crippen LogP contribution in [0.25, 0.3) is 0 Å². The van der Waals surface area contributed by atoms with Crippen LogP contribution in [-0.4, -0.2) is 49.2 Å². The number of nitrogens with one attached hydrogen (secondary N) is 1. The summed E-state index contributed by atoms with van der Waals surface area (Å²) in [7, 11) is 0. The van der Waals surface area contributed by atoms with Crippen LogP contribution in [0, 0.1) is 5.92 Å². The number of hydrogen-bond donors (Lipinski definition) is 1. The minimum atomic E-state index is 0.365. The van der Waals surface area contributed by atoms with Crippen LogP contribution in [0.5, 0.6) is 0 Å². The molecule has 102 valence electrons. The van der Waals surface area contributed by atoms with Crippen LogP contribution in [0.1, 0.15) is 38.5 Å². The molecule has 0 aromatic rings. The number of piperidine rings is 1. The van der Waals surface area contributed by atoms with E-state index in [0.717, 1.165) is 32.2 Å². The lowest BCUT2D eigenvalue weighted by Gasteiger charge is -2.33. The fraction of sp³-hybridized carbons (Fsp3) is 0.929. The Bertz CT molecular complexity index is 302. The Morgan fingerprint density at radius 2 is 2.06 bits per heavy atom. The topological polar surface area (TPSA) is 41.6 Å². The molecule has 4 nitrogen and oxygen atoms in total. The number of carbonyl (C=O) groups excluding carboxylic acids is 1. The van der Waals surface area contributed by atoms with Gasteiger partial charge in [0.05, 0.1) is 0 Å². The van der Waals surface area contributed by atoms with Crippen molar-refractivity contribution in [2.75, 3.05) is 26.3 Å². The van der Waals surface area contributed by atoms with E-state index in [1.54, 1.807) is 0 Å². The highest BCUT2D eigenvalue weighted by Crippen LogP contribution is 2.28. The molecule has 3 aliphatic rings. The van der Waals surface area contributed by atoms with Crippen LogP contribution >= 0.6 is 0 Å². The average molecular weight is 252 g/mol. The van der Waals surface area contributed by atoms with E-state index in [2.05, 4.69) is 10.2 Å². The molecule has 0 aromatic carbocycles. The first-order valence-electron chi connectivity index (χ1n) is 7.45. The van der Waals surface area contributed by atoms with Crippen molar-refractivity contribution < 1.29 is 9.53 Å². The molecule has 1 amide bonds. The number of carbonyl (C=O) groups is 1. The van der Waals surface area contributed by atoms with Gasteiger partial charge in [0.15, 0.2) is 0 Å². The van der Waals surface area contributed by atoms with Crippen LogP contribution in [0.2, 0.25) is 0 Å². The predicted molar refractivity (Wildman–Crippen MR) is 69.3 cm³/mol. The summed E-state index contributed by atoms with van der Waals surface area (Å²) in [6.45, 7) is 3.86. The highest BCUT2D eigenvalue weighted by Gasteiger charge is 2.40. The fourth-order valence-corrected chi connectivity index (χ4v) is 3.60. The van der Waals surface area contributed by atoms with E-state index in [0.29, 0.717) is 24.4 Å². The molecule has 3 fully saturated rings. The summed E-state index contributed by atoms with van der Waals surface area (Å²) in [4.78, 5) is 14.1. The zero-order valence-corrected chi connectivity index (χ0v) is 11.1. The SMILES string of the molecule is O=C1CC(NCC2CCOCC2)C2CCCCN12. The zero-order chi connectivity index (χ0) is 12.4. The first kappa shape index (κ1) is 12.4. The quantitative estimate of drug-likeness (QED) is 0.819. The average Bonchev–Trinajstić information content (AvgIpc) is 2.75. The third-order valence-electron chi connectivity index (χ3n) is 4.74. The second-order valence-corrected chi connectivity index (χ2v) is 5.92. The number of ether oxygens (including phenoxy) is 1. The van der Waals surface area contributed by atoms with Crippen molar-refractivity contribution in [3.8, 4) is 0 Å². The van der Waals surface area contributed by atoms with Crippen LogP contribution in [-0.2, 0) is 9.53 Å². The summed E-state index contributed by atoms with van der Waals surface area (Å²) < 4.78 is 5.38. The van der Waals surface area contributed by atoms with Gasteiger partial charge in [-0.15, -0.1) is 0 Å². The zero-order valence-electron chi connectivity index (χ0n) is 11.1. The predicted octanol–water partition coefficient (Wildman–Crippen LogP) is 1.16. The van der Waals surface area contributed by atoms with Crippen molar-refractivity contribution in [2.24, 2.45) is 5.92 Å². The monoisotopic (exact) mass is 252 g/mol. The first-order chi connectivity index (χ1) is 8.84. The van der Waals surface area contributed by atoms with Crippen LogP contribution < -0.4 is 5.32 Å². The van der Waals surface area contributed by atoms with Crippen LogP contribution in [0.15, 0.2) is 0 Å². The van der Waals surface area contributed by atoms with Gasteiger partial charge in [0, 0.05) is 38.3 Å². The van der Waals surface area contributed by atoms with Gasteiger partial charge in [-0.2, -0.15) is 0 Å². The number of nitrogens with zero attached hydrogens (tertiary/aromatic N) is 1. The van der Waals surface area contributed by atoms with Crippen molar-refractivity contribution in [1.82, 2.24) is 10.2 Å². The molecule has 2 atom stereocenters. The van der Waals surface area contributed by atoms with E-state index in [9.17, 15) is 4.79 Å². The van der Waals surface area contributed by atoms with Crippen molar-refractivity contribution >= 4 is 5.91 Å². The molecular formula is C14H24N2O2. The van der Waals surface area contributed by atoms with Crippen molar-refractivity contribution in [2.45, 2.75) is 50.6 Å². The molecule has 18 heavy (non-hydrogen) atoms. The lowest BCUT2D eigenvalue weighted by molar-refractivity contribution is -0.129. The van der Waals surface area contributed by atoms with Gasteiger partial charge in [-0.25, -0.2) is 0 Å². The van der Waals surface area contributed by atoms with Gasteiger partial charge < -0.3 is 15.0 Å². The molecule has 0 aliphatic carbocycles. The van der Waals surface area contributed by atoms with Gasteiger partial charge in [0.1, 0.15) is 0 Å². The van der Waals surface area contributed by atoms with Gasteiger partial charge in [-0.05, 0) is 44.6 Å². The Balaban J connectivity index is 1.51. The molecule has 0 radical (unpaired) electrons. The number of rotatable bonds is 3. The Labute approximate surface area is 109 Å². The molecule has 3 heterocycles. The van der Waals surface area contributed by atoms with Crippen molar-refractivity contribution in [3.63, 3.8) is 0 Å². The van der Waals surface area contributed by atoms with Crippen molar-refractivity contribution in [1.29, 1.82) is 0 Å². The summed E-state index contributed by atoms with van der Waals surface area (Å²) >= 11 is 0. The summed E-state index contributed by atoms with van der Waals surface area (Å²) in [5, 5.41) is 3.66. The second-order valence-electron chi connectivity index (χ2n) is 5.92. The summed E-state index contributed by atoms with van der Waals surface area (Å²) in [6, 6.07) is 0.881.